The number of aromatic nitrogens is 1. The van der Waals surface area contributed by atoms with Crippen LogP contribution in [0.15, 0.2) is 54.7 Å². The lowest BCUT2D eigenvalue weighted by atomic mass is 9.71. The van der Waals surface area contributed by atoms with Gasteiger partial charge in [0, 0.05) is 16.6 Å². The molecular formula is C39H49NS. The summed E-state index contributed by atoms with van der Waals surface area (Å²) in [5.41, 5.74) is 13.2. The molecule has 1 aliphatic carbocycles. The van der Waals surface area contributed by atoms with Crippen molar-refractivity contribution < 1.29 is 0 Å². The van der Waals surface area contributed by atoms with Crippen molar-refractivity contribution >= 4 is 21.4 Å². The molecule has 216 valence electrons. The van der Waals surface area contributed by atoms with Crippen LogP contribution in [0, 0.1) is 12.3 Å². The average Bonchev–Trinajstić information content (AvgIpc) is 3.24. The number of hydrogen-bond acceptors (Lipinski definition) is 2. The zero-order chi connectivity index (χ0) is 29.5. The maximum atomic E-state index is 5.15. The van der Waals surface area contributed by atoms with Gasteiger partial charge in [-0.15, -0.1) is 11.3 Å². The van der Waals surface area contributed by atoms with Crippen LogP contribution in [0.3, 0.4) is 0 Å². The zero-order valence-electron chi connectivity index (χ0n) is 26.9. The van der Waals surface area contributed by atoms with Crippen LogP contribution in [0.2, 0.25) is 0 Å². The Kier molecular flexibility index (Phi) is 8.37. The van der Waals surface area contributed by atoms with Crippen LogP contribution in [0.5, 0.6) is 0 Å². The molecule has 1 unspecified atom stereocenters. The van der Waals surface area contributed by atoms with Crippen molar-refractivity contribution in [2.75, 3.05) is 0 Å². The van der Waals surface area contributed by atoms with Crippen LogP contribution < -0.4 is 0 Å². The van der Waals surface area contributed by atoms with Gasteiger partial charge in [-0.1, -0.05) is 91.8 Å². The molecule has 0 aliphatic heterocycles. The van der Waals surface area contributed by atoms with E-state index in [0.717, 1.165) is 25.0 Å². The van der Waals surface area contributed by atoms with E-state index in [-0.39, 0.29) is 10.8 Å². The predicted molar refractivity (Wildman–Crippen MR) is 182 cm³/mol. The van der Waals surface area contributed by atoms with Crippen LogP contribution in [0.1, 0.15) is 114 Å². The van der Waals surface area contributed by atoms with Gasteiger partial charge in [-0.3, -0.25) is 4.98 Å². The number of benzene rings is 2. The van der Waals surface area contributed by atoms with E-state index in [2.05, 4.69) is 111 Å². The van der Waals surface area contributed by atoms with Gasteiger partial charge in [-0.25, -0.2) is 0 Å². The van der Waals surface area contributed by atoms with Gasteiger partial charge in [0.25, 0.3) is 0 Å². The monoisotopic (exact) mass is 563 g/mol. The molecule has 0 bridgehead atoms. The predicted octanol–water partition coefficient (Wildman–Crippen LogP) is 11.8. The Balaban J connectivity index is 1.72. The Morgan fingerprint density at radius 3 is 2.39 bits per heavy atom. The Labute approximate surface area is 253 Å². The second kappa shape index (κ2) is 11.5. The molecule has 0 saturated carbocycles. The van der Waals surface area contributed by atoms with Crippen molar-refractivity contribution in [3.63, 3.8) is 0 Å². The SMILES string of the molecule is CCC=CCc1c(-c2nccc3c(C)c(-c4ccc(CC(C)(C)C)cc4)sc23)cc(C(C)(C)C)c2c1CCCC2C. The maximum absolute atomic E-state index is 5.15. The zero-order valence-corrected chi connectivity index (χ0v) is 27.7. The number of pyridine rings is 1. The lowest BCUT2D eigenvalue weighted by molar-refractivity contribution is 0.411. The largest absolute Gasteiger partial charge is 0.255 e. The fraction of sp³-hybridized carbons (Fsp3) is 0.462. The average molecular weight is 564 g/mol. The summed E-state index contributed by atoms with van der Waals surface area (Å²) in [6.07, 6.45) is 13.6. The van der Waals surface area contributed by atoms with Crippen LogP contribution in [-0.4, -0.2) is 4.98 Å². The van der Waals surface area contributed by atoms with E-state index in [1.807, 2.05) is 17.5 Å². The number of hydrogen-bond donors (Lipinski definition) is 0. The molecule has 0 saturated heterocycles. The normalized spacial score (nSPS) is 16.1. The van der Waals surface area contributed by atoms with E-state index >= 15 is 0 Å². The van der Waals surface area contributed by atoms with E-state index < -0.39 is 0 Å². The smallest absolute Gasteiger partial charge is 0.0883 e. The third-order valence-electron chi connectivity index (χ3n) is 8.74. The highest BCUT2D eigenvalue weighted by atomic mass is 32.1. The number of aryl methyl sites for hydroxylation is 1. The van der Waals surface area contributed by atoms with Crippen molar-refractivity contribution in [3.8, 4) is 21.7 Å². The van der Waals surface area contributed by atoms with Gasteiger partial charge >= 0.3 is 0 Å². The molecule has 2 aromatic carbocycles. The van der Waals surface area contributed by atoms with Gasteiger partial charge in [-0.05, 0) is 119 Å². The van der Waals surface area contributed by atoms with Crippen LogP contribution in [0.25, 0.3) is 31.8 Å². The highest BCUT2D eigenvalue weighted by Gasteiger charge is 2.30. The minimum Gasteiger partial charge on any atom is -0.255 e. The summed E-state index contributed by atoms with van der Waals surface area (Å²) in [5.74, 6) is 0.608. The molecular weight excluding hydrogens is 515 g/mol. The minimum absolute atomic E-state index is 0.0848. The van der Waals surface area contributed by atoms with Crippen molar-refractivity contribution in [1.29, 1.82) is 0 Å². The summed E-state index contributed by atoms with van der Waals surface area (Å²) in [5, 5.41) is 1.34. The fourth-order valence-electron chi connectivity index (χ4n) is 6.81. The Bertz CT molecular complexity index is 1570. The molecule has 1 nitrogen and oxygen atoms in total. The van der Waals surface area contributed by atoms with Crippen LogP contribution in [0.4, 0.5) is 0 Å². The molecule has 5 rings (SSSR count). The number of nitrogens with zero attached hydrogens (tertiary/aromatic N) is 1. The Hall–Kier alpha value is -2.71. The van der Waals surface area contributed by atoms with Gasteiger partial charge < -0.3 is 0 Å². The topological polar surface area (TPSA) is 12.9 Å². The van der Waals surface area contributed by atoms with Crippen molar-refractivity contribution in [3.05, 3.63) is 88.1 Å². The second-order valence-electron chi connectivity index (χ2n) is 14.5. The summed E-state index contributed by atoms with van der Waals surface area (Å²) in [4.78, 5) is 6.51. The molecule has 0 N–H and O–H groups in total. The molecule has 1 aliphatic rings. The summed E-state index contributed by atoms with van der Waals surface area (Å²) >= 11 is 1.93. The maximum Gasteiger partial charge on any atom is 0.0883 e. The first-order chi connectivity index (χ1) is 19.4. The fourth-order valence-corrected chi connectivity index (χ4v) is 8.12. The summed E-state index contributed by atoms with van der Waals surface area (Å²) < 4.78 is 1.32. The first-order valence-electron chi connectivity index (χ1n) is 15.7. The standard InChI is InChI=1S/C39H49NS/c1-10-11-12-15-30-31-16-13-14-25(2)34(31)33(39(7,8)9)23-32(30)35-37-29(21-22-40-35)26(3)36(41-37)28-19-17-27(18-20-28)24-38(4,5)6/h11-12,17-23,25H,10,13-16,24H2,1-9H3. The summed E-state index contributed by atoms with van der Waals surface area (Å²) in [7, 11) is 0. The molecule has 4 aromatic rings. The lowest BCUT2D eigenvalue weighted by Gasteiger charge is -2.34. The van der Waals surface area contributed by atoms with Gasteiger partial charge in [0.1, 0.15) is 0 Å². The number of fused-ring (bicyclic) bond motifs is 2. The molecule has 2 heteroatoms. The highest BCUT2D eigenvalue weighted by Crippen LogP contribution is 2.47. The van der Waals surface area contributed by atoms with E-state index in [1.165, 1.54) is 67.6 Å². The van der Waals surface area contributed by atoms with Gasteiger partial charge in [0.15, 0.2) is 0 Å². The molecule has 0 radical (unpaired) electrons. The van der Waals surface area contributed by atoms with E-state index in [4.69, 9.17) is 4.98 Å². The highest BCUT2D eigenvalue weighted by molar-refractivity contribution is 7.23. The van der Waals surface area contributed by atoms with Crippen molar-refractivity contribution in [2.24, 2.45) is 5.41 Å². The number of rotatable bonds is 6. The Morgan fingerprint density at radius 1 is 1.00 bits per heavy atom. The van der Waals surface area contributed by atoms with E-state index in [9.17, 15) is 0 Å². The first-order valence-corrected chi connectivity index (χ1v) is 16.5. The molecule has 2 aromatic heterocycles. The number of thiophene rings is 1. The van der Waals surface area contributed by atoms with E-state index in [0.29, 0.717) is 5.92 Å². The molecule has 0 amide bonds. The third-order valence-corrected chi connectivity index (χ3v) is 10.1. The van der Waals surface area contributed by atoms with Crippen LogP contribution >= 0.6 is 11.3 Å². The van der Waals surface area contributed by atoms with Crippen molar-refractivity contribution in [1.82, 2.24) is 4.98 Å². The third kappa shape index (κ3) is 6.09. The van der Waals surface area contributed by atoms with E-state index in [1.54, 1.807) is 11.1 Å². The van der Waals surface area contributed by atoms with Gasteiger partial charge in [0.05, 0.1) is 10.4 Å². The second-order valence-corrected chi connectivity index (χ2v) is 15.5. The van der Waals surface area contributed by atoms with Crippen LogP contribution in [-0.2, 0) is 24.7 Å². The van der Waals surface area contributed by atoms with Gasteiger partial charge in [0.2, 0.25) is 0 Å². The lowest BCUT2D eigenvalue weighted by Crippen LogP contribution is -2.21. The molecule has 41 heavy (non-hydrogen) atoms. The van der Waals surface area contributed by atoms with Gasteiger partial charge in [-0.2, -0.15) is 0 Å². The molecule has 1 atom stereocenters. The Morgan fingerprint density at radius 2 is 1.73 bits per heavy atom. The first kappa shape index (κ1) is 29.8. The summed E-state index contributed by atoms with van der Waals surface area (Å²) in [6.45, 7) is 21.0. The summed E-state index contributed by atoms with van der Waals surface area (Å²) in [6, 6.07) is 14.1. The molecule has 0 fully saturated rings. The minimum atomic E-state index is 0.0848. The molecule has 0 spiro atoms. The molecule has 2 heterocycles. The number of allylic oxidation sites excluding steroid dienone is 2. The van der Waals surface area contributed by atoms with Crippen molar-refractivity contribution in [2.45, 2.75) is 112 Å². The quantitative estimate of drug-likeness (QED) is 0.213.